The highest BCUT2D eigenvalue weighted by atomic mass is 16.1. The average molecular weight is 170 g/mol. The van der Waals surface area contributed by atoms with Crippen LogP contribution in [-0.4, -0.2) is 18.5 Å². The lowest BCUT2D eigenvalue weighted by Gasteiger charge is -2.12. The van der Waals surface area contributed by atoms with Crippen LogP contribution in [0.25, 0.3) is 0 Å². The normalized spacial score (nSPS) is 21.6. The number of hydrogen-bond donors (Lipinski definition) is 2. The van der Waals surface area contributed by atoms with Crippen molar-refractivity contribution in [1.82, 2.24) is 5.32 Å². The maximum absolute atomic E-state index is 11.4. The van der Waals surface area contributed by atoms with E-state index in [9.17, 15) is 4.79 Å². The third kappa shape index (κ3) is 2.81. The third-order valence-electron chi connectivity index (χ3n) is 2.34. The first-order chi connectivity index (χ1) is 5.61. The molecule has 0 aliphatic heterocycles. The molecule has 70 valence electrons. The largest absolute Gasteiger partial charge is 0.354 e. The smallest absolute Gasteiger partial charge is 0.223 e. The number of hydrogen-bond acceptors (Lipinski definition) is 2. The molecule has 1 amide bonds. The molecule has 0 aromatic carbocycles. The maximum atomic E-state index is 11.4. The molecule has 3 N–H and O–H groups in total. The first-order valence-electron chi connectivity index (χ1n) is 4.64. The second-order valence-corrected chi connectivity index (χ2v) is 3.85. The zero-order valence-electron chi connectivity index (χ0n) is 7.84. The van der Waals surface area contributed by atoms with E-state index in [2.05, 4.69) is 5.32 Å². The van der Waals surface area contributed by atoms with E-state index in [-0.39, 0.29) is 17.9 Å². The van der Waals surface area contributed by atoms with Crippen LogP contribution in [-0.2, 0) is 4.79 Å². The highest BCUT2D eigenvalue weighted by molar-refractivity contribution is 5.78. The number of carbonyl (C=O) groups excluding carboxylic acids is 1. The summed E-state index contributed by atoms with van der Waals surface area (Å²) in [6.45, 7) is 4.48. The lowest BCUT2D eigenvalue weighted by atomic mass is 10.1. The predicted octanol–water partition coefficient (Wildman–Crippen LogP) is 0.496. The Hall–Kier alpha value is -0.570. The van der Waals surface area contributed by atoms with E-state index in [1.807, 2.05) is 13.8 Å². The fourth-order valence-electron chi connectivity index (χ4n) is 1.23. The van der Waals surface area contributed by atoms with Gasteiger partial charge in [0.25, 0.3) is 0 Å². The van der Waals surface area contributed by atoms with Crippen LogP contribution in [0.1, 0.15) is 26.7 Å². The van der Waals surface area contributed by atoms with Gasteiger partial charge >= 0.3 is 0 Å². The van der Waals surface area contributed by atoms with E-state index in [4.69, 9.17) is 5.73 Å². The topological polar surface area (TPSA) is 55.1 Å². The number of nitrogens with one attached hydrogen (secondary N) is 1. The Kier molecular flexibility index (Phi) is 3.09. The second kappa shape index (κ2) is 3.90. The molecule has 2 atom stereocenters. The van der Waals surface area contributed by atoms with Gasteiger partial charge in [-0.15, -0.1) is 0 Å². The number of nitrogens with two attached hydrogens (primary N) is 1. The van der Waals surface area contributed by atoms with Gasteiger partial charge in [0.1, 0.15) is 0 Å². The van der Waals surface area contributed by atoms with E-state index in [1.165, 1.54) is 12.8 Å². The van der Waals surface area contributed by atoms with Crippen molar-refractivity contribution < 1.29 is 4.79 Å². The van der Waals surface area contributed by atoms with Crippen molar-refractivity contribution in [3.8, 4) is 0 Å². The lowest BCUT2D eigenvalue weighted by Crippen LogP contribution is -2.38. The van der Waals surface area contributed by atoms with Crippen molar-refractivity contribution in [2.45, 2.75) is 32.7 Å². The van der Waals surface area contributed by atoms with Crippen LogP contribution < -0.4 is 11.1 Å². The van der Waals surface area contributed by atoms with Gasteiger partial charge in [0.15, 0.2) is 0 Å². The standard InChI is InChI=1S/C9H18N2O/c1-6(10)5-11-9(12)7(2)8-3-4-8/h6-8H,3-5,10H2,1-2H3,(H,11,12). The minimum absolute atomic E-state index is 0.0559. The molecule has 0 aromatic heterocycles. The van der Waals surface area contributed by atoms with Gasteiger partial charge in [-0.2, -0.15) is 0 Å². The summed E-state index contributed by atoms with van der Waals surface area (Å²) in [4.78, 5) is 11.4. The van der Waals surface area contributed by atoms with Crippen LogP contribution in [0.5, 0.6) is 0 Å². The molecule has 1 aliphatic rings. The Morgan fingerprint density at radius 1 is 1.58 bits per heavy atom. The number of amides is 1. The monoisotopic (exact) mass is 170 g/mol. The molecular weight excluding hydrogens is 152 g/mol. The summed E-state index contributed by atoms with van der Waals surface area (Å²) >= 11 is 0. The van der Waals surface area contributed by atoms with Crippen LogP contribution in [0.3, 0.4) is 0 Å². The lowest BCUT2D eigenvalue weighted by molar-refractivity contribution is -0.125. The number of rotatable bonds is 4. The van der Waals surface area contributed by atoms with Gasteiger partial charge < -0.3 is 11.1 Å². The molecule has 0 heterocycles. The van der Waals surface area contributed by atoms with E-state index < -0.39 is 0 Å². The summed E-state index contributed by atoms with van der Waals surface area (Å²) in [5.74, 6) is 0.983. The maximum Gasteiger partial charge on any atom is 0.223 e. The summed E-state index contributed by atoms with van der Waals surface area (Å²) in [5, 5.41) is 2.84. The van der Waals surface area contributed by atoms with Gasteiger partial charge in [0.2, 0.25) is 5.91 Å². The first-order valence-corrected chi connectivity index (χ1v) is 4.64. The Balaban J connectivity index is 2.17. The summed E-state index contributed by atoms with van der Waals surface area (Å²) in [5.41, 5.74) is 5.52. The fourth-order valence-corrected chi connectivity index (χ4v) is 1.23. The van der Waals surface area contributed by atoms with Gasteiger partial charge in [0, 0.05) is 18.5 Å². The van der Waals surface area contributed by atoms with Crippen molar-refractivity contribution in [3.63, 3.8) is 0 Å². The fraction of sp³-hybridized carbons (Fsp3) is 0.889. The highest BCUT2D eigenvalue weighted by Crippen LogP contribution is 2.36. The first kappa shape index (κ1) is 9.52. The molecule has 0 spiro atoms. The van der Waals surface area contributed by atoms with Gasteiger partial charge in [-0.1, -0.05) is 6.92 Å². The Bertz CT molecular complexity index is 164. The number of carbonyl (C=O) groups is 1. The summed E-state index contributed by atoms with van der Waals surface area (Å²) in [7, 11) is 0. The zero-order chi connectivity index (χ0) is 9.14. The van der Waals surface area contributed by atoms with Gasteiger partial charge in [-0.3, -0.25) is 4.79 Å². The molecule has 0 radical (unpaired) electrons. The van der Waals surface area contributed by atoms with Gasteiger partial charge in [0.05, 0.1) is 0 Å². The molecule has 1 fully saturated rings. The Morgan fingerprint density at radius 3 is 2.58 bits per heavy atom. The molecule has 3 nitrogen and oxygen atoms in total. The molecular formula is C9H18N2O. The summed E-state index contributed by atoms with van der Waals surface area (Å²) in [6.07, 6.45) is 2.43. The van der Waals surface area contributed by atoms with Crippen LogP contribution in [0.4, 0.5) is 0 Å². The summed E-state index contributed by atoms with van der Waals surface area (Å²) < 4.78 is 0. The Labute approximate surface area is 73.7 Å². The van der Waals surface area contributed by atoms with Gasteiger partial charge in [-0.05, 0) is 25.7 Å². The quantitative estimate of drug-likeness (QED) is 0.645. The van der Waals surface area contributed by atoms with Crippen LogP contribution >= 0.6 is 0 Å². The predicted molar refractivity (Wildman–Crippen MR) is 48.5 cm³/mol. The average Bonchev–Trinajstić information content (AvgIpc) is 2.80. The van der Waals surface area contributed by atoms with E-state index in [0.29, 0.717) is 12.5 Å². The van der Waals surface area contributed by atoms with Crippen molar-refractivity contribution in [1.29, 1.82) is 0 Å². The SMILES string of the molecule is CC(N)CNC(=O)C(C)C1CC1. The molecule has 1 rings (SSSR count). The molecule has 0 bridgehead atoms. The second-order valence-electron chi connectivity index (χ2n) is 3.85. The molecule has 1 aliphatic carbocycles. The van der Waals surface area contributed by atoms with Crippen LogP contribution in [0, 0.1) is 11.8 Å². The minimum atomic E-state index is 0.0559. The zero-order valence-corrected chi connectivity index (χ0v) is 7.84. The minimum Gasteiger partial charge on any atom is -0.354 e. The third-order valence-corrected chi connectivity index (χ3v) is 2.34. The van der Waals surface area contributed by atoms with Crippen LogP contribution in [0.2, 0.25) is 0 Å². The highest BCUT2D eigenvalue weighted by Gasteiger charge is 2.32. The molecule has 2 unspecified atom stereocenters. The summed E-state index contributed by atoms with van der Waals surface area (Å²) in [6, 6.07) is 0.0559. The van der Waals surface area contributed by atoms with E-state index in [1.54, 1.807) is 0 Å². The molecule has 0 aromatic rings. The molecule has 0 saturated heterocycles. The van der Waals surface area contributed by atoms with Crippen molar-refractivity contribution in [2.75, 3.05) is 6.54 Å². The van der Waals surface area contributed by atoms with Crippen molar-refractivity contribution >= 4 is 5.91 Å². The van der Waals surface area contributed by atoms with Gasteiger partial charge in [-0.25, -0.2) is 0 Å². The van der Waals surface area contributed by atoms with E-state index in [0.717, 1.165) is 0 Å². The van der Waals surface area contributed by atoms with E-state index >= 15 is 0 Å². The molecule has 1 saturated carbocycles. The molecule has 12 heavy (non-hydrogen) atoms. The van der Waals surface area contributed by atoms with Crippen molar-refractivity contribution in [2.24, 2.45) is 17.6 Å². The van der Waals surface area contributed by atoms with Crippen molar-refractivity contribution in [3.05, 3.63) is 0 Å². The Morgan fingerprint density at radius 2 is 2.17 bits per heavy atom. The molecule has 3 heteroatoms. The van der Waals surface area contributed by atoms with Crippen LogP contribution in [0.15, 0.2) is 0 Å².